The summed E-state index contributed by atoms with van der Waals surface area (Å²) in [6, 6.07) is 4.22. The van der Waals surface area contributed by atoms with E-state index >= 15 is 0 Å². The number of fused-ring (bicyclic) bond motifs is 1. The number of carboxylic acid groups (broad SMARTS) is 1. The standard InChI is InChI=1S/C15H16N2O4/c1-3-5-10(2)16-15(20)17-8-9-21-13-11(14(18)19)6-4-7-12(13)17/h1,4,6-7,10H,5,8-9H2,2H3,(H,16,20)(H,18,19). The van der Waals surface area contributed by atoms with Crippen LogP contribution in [0.15, 0.2) is 18.2 Å². The fraction of sp³-hybridized carbons (Fsp3) is 0.333. The Balaban J connectivity index is 2.26. The number of carbonyl (C=O) groups is 2. The van der Waals surface area contributed by atoms with Crippen molar-refractivity contribution in [2.45, 2.75) is 19.4 Å². The number of urea groups is 1. The highest BCUT2D eigenvalue weighted by atomic mass is 16.5. The number of hydrogen-bond acceptors (Lipinski definition) is 3. The van der Waals surface area contributed by atoms with Crippen LogP contribution < -0.4 is 15.0 Å². The van der Waals surface area contributed by atoms with E-state index in [2.05, 4.69) is 11.2 Å². The van der Waals surface area contributed by atoms with Crippen LogP contribution in [0.5, 0.6) is 5.75 Å². The van der Waals surface area contributed by atoms with E-state index in [1.165, 1.54) is 11.0 Å². The molecule has 0 bridgehead atoms. The number of nitrogens with zero attached hydrogens (tertiary/aromatic N) is 1. The average molecular weight is 288 g/mol. The number of carbonyl (C=O) groups excluding carboxylic acids is 1. The molecule has 21 heavy (non-hydrogen) atoms. The molecule has 1 atom stereocenters. The lowest BCUT2D eigenvalue weighted by molar-refractivity contribution is 0.0692. The van der Waals surface area contributed by atoms with Crippen LogP contribution >= 0.6 is 0 Å². The third-order valence-electron chi connectivity index (χ3n) is 3.12. The molecule has 1 aromatic carbocycles. The molecule has 1 heterocycles. The highest BCUT2D eigenvalue weighted by Crippen LogP contribution is 2.35. The summed E-state index contributed by atoms with van der Waals surface area (Å²) in [6.07, 6.45) is 5.64. The zero-order chi connectivity index (χ0) is 15.4. The molecule has 2 rings (SSSR count). The van der Waals surface area contributed by atoms with Crippen molar-refractivity contribution in [1.29, 1.82) is 0 Å². The van der Waals surface area contributed by atoms with Crippen LogP contribution in [0.4, 0.5) is 10.5 Å². The van der Waals surface area contributed by atoms with Crippen molar-refractivity contribution in [3.05, 3.63) is 23.8 Å². The normalized spacial score (nSPS) is 14.4. The molecule has 6 heteroatoms. The molecule has 1 aromatic rings. The zero-order valence-electron chi connectivity index (χ0n) is 11.6. The second kappa shape index (κ2) is 6.18. The molecule has 1 aliphatic heterocycles. The molecule has 0 saturated carbocycles. The zero-order valence-corrected chi connectivity index (χ0v) is 11.6. The fourth-order valence-electron chi connectivity index (χ4n) is 2.14. The Labute approximate surface area is 122 Å². The van der Waals surface area contributed by atoms with E-state index in [1.807, 2.05) is 6.92 Å². The van der Waals surface area contributed by atoms with Gasteiger partial charge in [0.1, 0.15) is 12.2 Å². The van der Waals surface area contributed by atoms with Gasteiger partial charge in [0.2, 0.25) is 0 Å². The van der Waals surface area contributed by atoms with Crippen LogP contribution in [0, 0.1) is 12.3 Å². The lowest BCUT2D eigenvalue weighted by Crippen LogP contribution is -2.47. The number of para-hydroxylation sites is 1. The van der Waals surface area contributed by atoms with Gasteiger partial charge < -0.3 is 15.2 Å². The first-order chi connectivity index (χ1) is 10.0. The molecule has 110 valence electrons. The summed E-state index contributed by atoms with van der Waals surface area (Å²) in [5, 5.41) is 11.9. The van der Waals surface area contributed by atoms with Crippen molar-refractivity contribution in [2.75, 3.05) is 18.1 Å². The lowest BCUT2D eigenvalue weighted by atomic mass is 10.1. The van der Waals surface area contributed by atoms with Crippen molar-refractivity contribution in [3.63, 3.8) is 0 Å². The minimum absolute atomic E-state index is 0.0432. The van der Waals surface area contributed by atoms with Gasteiger partial charge >= 0.3 is 12.0 Å². The van der Waals surface area contributed by atoms with Gasteiger partial charge in [0.15, 0.2) is 5.75 Å². The monoisotopic (exact) mass is 288 g/mol. The summed E-state index contributed by atoms with van der Waals surface area (Å²) in [7, 11) is 0. The molecule has 0 saturated heterocycles. The second-order valence-corrected chi connectivity index (χ2v) is 4.72. The molecular formula is C15H16N2O4. The van der Waals surface area contributed by atoms with Gasteiger partial charge in [-0.1, -0.05) is 6.07 Å². The maximum atomic E-state index is 12.3. The first-order valence-electron chi connectivity index (χ1n) is 6.55. The Morgan fingerprint density at radius 2 is 2.33 bits per heavy atom. The first kappa shape index (κ1) is 14.7. The van der Waals surface area contributed by atoms with Crippen LogP contribution in [0.1, 0.15) is 23.7 Å². The van der Waals surface area contributed by atoms with Gasteiger partial charge in [0.05, 0.1) is 12.2 Å². The summed E-state index contributed by atoms with van der Waals surface area (Å²) < 4.78 is 5.41. The maximum Gasteiger partial charge on any atom is 0.339 e. The predicted octanol–water partition coefficient (Wildman–Crippen LogP) is 1.71. The Morgan fingerprint density at radius 3 is 3.00 bits per heavy atom. The van der Waals surface area contributed by atoms with Crippen molar-refractivity contribution in [1.82, 2.24) is 5.32 Å². The predicted molar refractivity (Wildman–Crippen MR) is 77.7 cm³/mol. The minimum atomic E-state index is -1.09. The van der Waals surface area contributed by atoms with E-state index in [-0.39, 0.29) is 30.0 Å². The number of nitrogens with one attached hydrogen (secondary N) is 1. The number of amides is 2. The van der Waals surface area contributed by atoms with Crippen LogP contribution in [-0.2, 0) is 0 Å². The third-order valence-corrected chi connectivity index (χ3v) is 3.12. The highest BCUT2D eigenvalue weighted by molar-refractivity contribution is 5.99. The van der Waals surface area contributed by atoms with Gasteiger partial charge in [-0.05, 0) is 19.1 Å². The van der Waals surface area contributed by atoms with E-state index in [0.29, 0.717) is 18.7 Å². The molecule has 0 aromatic heterocycles. The topological polar surface area (TPSA) is 78.9 Å². The average Bonchev–Trinajstić information content (AvgIpc) is 2.45. The SMILES string of the molecule is C#CCC(C)NC(=O)N1CCOc2c(C(=O)O)cccc21. The number of anilines is 1. The molecular weight excluding hydrogens is 272 g/mol. The number of benzene rings is 1. The highest BCUT2D eigenvalue weighted by Gasteiger charge is 2.27. The third kappa shape index (κ3) is 3.08. The molecule has 0 aliphatic carbocycles. The number of aromatic carboxylic acids is 1. The number of hydrogen-bond donors (Lipinski definition) is 2. The summed E-state index contributed by atoms with van der Waals surface area (Å²) in [5.41, 5.74) is 0.494. The van der Waals surface area contributed by atoms with Crippen molar-refractivity contribution < 1.29 is 19.4 Å². The van der Waals surface area contributed by atoms with Gasteiger partial charge in [-0.3, -0.25) is 4.90 Å². The van der Waals surface area contributed by atoms with Crippen molar-refractivity contribution in [3.8, 4) is 18.1 Å². The van der Waals surface area contributed by atoms with Crippen LogP contribution in [-0.4, -0.2) is 36.3 Å². The van der Waals surface area contributed by atoms with E-state index in [9.17, 15) is 9.59 Å². The van der Waals surface area contributed by atoms with E-state index in [1.54, 1.807) is 12.1 Å². The molecule has 2 N–H and O–H groups in total. The largest absolute Gasteiger partial charge is 0.489 e. The summed E-state index contributed by atoms with van der Waals surface area (Å²) in [6.45, 7) is 2.41. The van der Waals surface area contributed by atoms with E-state index < -0.39 is 5.97 Å². The van der Waals surface area contributed by atoms with Crippen molar-refractivity contribution in [2.24, 2.45) is 0 Å². The molecule has 0 spiro atoms. The summed E-state index contributed by atoms with van der Waals surface area (Å²) in [5.74, 6) is 1.61. The molecule has 1 aliphatic rings. The lowest BCUT2D eigenvalue weighted by Gasteiger charge is -2.31. The molecule has 0 fully saturated rings. The van der Waals surface area contributed by atoms with E-state index in [0.717, 1.165) is 0 Å². The number of carboxylic acids is 1. The molecule has 0 radical (unpaired) electrons. The van der Waals surface area contributed by atoms with Gasteiger partial charge in [-0.25, -0.2) is 9.59 Å². The fourth-order valence-corrected chi connectivity index (χ4v) is 2.14. The molecule has 2 amide bonds. The second-order valence-electron chi connectivity index (χ2n) is 4.72. The maximum absolute atomic E-state index is 12.3. The summed E-state index contributed by atoms with van der Waals surface area (Å²) in [4.78, 5) is 24.9. The van der Waals surface area contributed by atoms with Gasteiger partial charge in [-0.15, -0.1) is 12.3 Å². The number of terminal acetylenes is 1. The van der Waals surface area contributed by atoms with Gasteiger partial charge in [0, 0.05) is 12.5 Å². The smallest absolute Gasteiger partial charge is 0.339 e. The van der Waals surface area contributed by atoms with E-state index in [4.69, 9.17) is 16.3 Å². The molecule has 6 nitrogen and oxygen atoms in total. The van der Waals surface area contributed by atoms with Crippen molar-refractivity contribution >= 4 is 17.7 Å². The Morgan fingerprint density at radius 1 is 1.57 bits per heavy atom. The van der Waals surface area contributed by atoms with Crippen LogP contribution in [0.25, 0.3) is 0 Å². The number of rotatable bonds is 3. The summed E-state index contributed by atoms with van der Waals surface area (Å²) >= 11 is 0. The van der Waals surface area contributed by atoms with Gasteiger partial charge in [0.25, 0.3) is 0 Å². The Hall–Kier alpha value is -2.68. The van der Waals surface area contributed by atoms with Crippen LogP contribution in [0.3, 0.4) is 0 Å². The van der Waals surface area contributed by atoms with Gasteiger partial charge in [-0.2, -0.15) is 0 Å². The molecule has 1 unspecified atom stereocenters. The van der Waals surface area contributed by atoms with Crippen LogP contribution in [0.2, 0.25) is 0 Å². The Kier molecular flexibility index (Phi) is 4.33. The first-order valence-corrected chi connectivity index (χ1v) is 6.55. The quantitative estimate of drug-likeness (QED) is 0.830. The minimum Gasteiger partial charge on any atom is -0.489 e. The Bertz CT molecular complexity index is 606. The number of ether oxygens (including phenoxy) is 1.